The first kappa shape index (κ1) is 15.9. The van der Waals surface area contributed by atoms with Crippen molar-refractivity contribution in [3.05, 3.63) is 0 Å². The highest BCUT2D eigenvalue weighted by Crippen LogP contribution is 2.10. The largest absolute Gasteiger partial charge is 0.316 e. The van der Waals surface area contributed by atoms with Crippen molar-refractivity contribution in [2.75, 3.05) is 38.5 Å². The third kappa shape index (κ3) is 6.13. The molecule has 0 aromatic heterocycles. The Bertz CT molecular complexity index is 319. The quantitative estimate of drug-likeness (QED) is 0.630. The first-order valence-corrected chi connectivity index (χ1v) is 8.65. The Balaban J connectivity index is 2.30. The first-order chi connectivity index (χ1) is 8.57. The second-order valence-corrected chi connectivity index (χ2v) is 6.79. The SMILES string of the molecule is CCCNCCS(=O)(=O)NC1CCCN(CC)C1. The van der Waals surface area contributed by atoms with Gasteiger partial charge in [-0.25, -0.2) is 13.1 Å². The van der Waals surface area contributed by atoms with Crippen LogP contribution in [0.2, 0.25) is 0 Å². The molecule has 0 amide bonds. The number of nitrogens with zero attached hydrogens (tertiary/aromatic N) is 1. The summed E-state index contributed by atoms with van der Waals surface area (Å²) in [5.74, 6) is 0.176. The molecule has 18 heavy (non-hydrogen) atoms. The van der Waals surface area contributed by atoms with Crippen LogP contribution in [0.4, 0.5) is 0 Å². The summed E-state index contributed by atoms with van der Waals surface area (Å²) in [6.07, 6.45) is 3.06. The van der Waals surface area contributed by atoms with Crippen LogP contribution in [-0.4, -0.2) is 57.8 Å². The highest BCUT2D eigenvalue weighted by Gasteiger charge is 2.22. The minimum absolute atomic E-state index is 0.0925. The van der Waals surface area contributed by atoms with Gasteiger partial charge in [0.1, 0.15) is 0 Å². The molecule has 1 heterocycles. The van der Waals surface area contributed by atoms with Crippen LogP contribution in [0.1, 0.15) is 33.1 Å². The summed E-state index contributed by atoms with van der Waals surface area (Å²) < 4.78 is 26.6. The van der Waals surface area contributed by atoms with E-state index in [1.807, 2.05) is 0 Å². The maximum Gasteiger partial charge on any atom is 0.213 e. The van der Waals surface area contributed by atoms with Crippen molar-refractivity contribution in [2.24, 2.45) is 0 Å². The normalized spacial score (nSPS) is 22.2. The Morgan fingerprint density at radius 3 is 2.72 bits per heavy atom. The monoisotopic (exact) mass is 277 g/mol. The van der Waals surface area contributed by atoms with E-state index < -0.39 is 10.0 Å². The predicted octanol–water partition coefficient (Wildman–Crippen LogP) is 0.390. The van der Waals surface area contributed by atoms with Gasteiger partial charge in [-0.3, -0.25) is 0 Å². The van der Waals surface area contributed by atoms with Gasteiger partial charge >= 0.3 is 0 Å². The molecule has 1 rings (SSSR count). The van der Waals surface area contributed by atoms with E-state index in [-0.39, 0.29) is 11.8 Å². The average molecular weight is 277 g/mol. The van der Waals surface area contributed by atoms with E-state index in [2.05, 4.69) is 28.8 Å². The Morgan fingerprint density at radius 2 is 2.06 bits per heavy atom. The Kier molecular flexibility index (Phi) is 7.14. The molecule has 0 saturated carbocycles. The number of hydrogen-bond acceptors (Lipinski definition) is 4. The summed E-state index contributed by atoms with van der Waals surface area (Å²) in [5.41, 5.74) is 0. The molecule has 0 bridgehead atoms. The summed E-state index contributed by atoms with van der Waals surface area (Å²) in [6.45, 7) is 8.53. The molecule has 0 aliphatic carbocycles. The molecule has 1 atom stereocenters. The lowest BCUT2D eigenvalue weighted by atomic mass is 10.1. The first-order valence-electron chi connectivity index (χ1n) is 7.00. The van der Waals surface area contributed by atoms with Gasteiger partial charge in [-0.2, -0.15) is 0 Å². The summed E-state index contributed by atoms with van der Waals surface area (Å²) in [5, 5.41) is 3.12. The molecule has 2 N–H and O–H groups in total. The van der Waals surface area contributed by atoms with Gasteiger partial charge in [0, 0.05) is 19.1 Å². The topological polar surface area (TPSA) is 61.4 Å². The Hall–Kier alpha value is -0.170. The molecule has 5 nitrogen and oxygen atoms in total. The number of likely N-dealkylation sites (tertiary alicyclic amines) is 1. The molecule has 6 heteroatoms. The van der Waals surface area contributed by atoms with Crippen molar-refractivity contribution in [3.8, 4) is 0 Å². The van der Waals surface area contributed by atoms with Crippen molar-refractivity contribution >= 4 is 10.0 Å². The van der Waals surface area contributed by atoms with E-state index in [0.29, 0.717) is 6.54 Å². The number of nitrogens with one attached hydrogen (secondary N) is 2. The number of piperidine rings is 1. The van der Waals surface area contributed by atoms with Crippen molar-refractivity contribution in [3.63, 3.8) is 0 Å². The molecule has 0 spiro atoms. The lowest BCUT2D eigenvalue weighted by Gasteiger charge is -2.32. The smallest absolute Gasteiger partial charge is 0.213 e. The van der Waals surface area contributed by atoms with E-state index >= 15 is 0 Å². The molecular weight excluding hydrogens is 250 g/mol. The third-order valence-corrected chi connectivity index (χ3v) is 4.71. The van der Waals surface area contributed by atoms with Gasteiger partial charge in [-0.15, -0.1) is 0 Å². The maximum absolute atomic E-state index is 11.9. The van der Waals surface area contributed by atoms with Crippen LogP contribution in [0.25, 0.3) is 0 Å². The van der Waals surface area contributed by atoms with Crippen molar-refractivity contribution in [1.82, 2.24) is 14.9 Å². The molecule has 108 valence electrons. The van der Waals surface area contributed by atoms with Crippen LogP contribution in [0.3, 0.4) is 0 Å². The number of likely N-dealkylation sites (N-methyl/N-ethyl adjacent to an activating group) is 1. The summed E-state index contributed by atoms with van der Waals surface area (Å²) in [7, 11) is -3.13. The standard InChI is InChI=1S/C12H27N3O2S/c1-3-7-13-8-10-18(16,17)14-12-6-5-9-15(4-2)11-12/h12-14H,3-11H2,1-2H3. The zero-order valence-corrected chi connectivity index (χ0v) is 12.4. The van der Waals surface area contributed by atoms with Gasteiger partial charge < -0.3 is 10.2 Å². The number of hydrogen-bond donors (Lipinski definition) is 2. The van der Waals surface area contributed by atoms with Crippen LogP contribution in [0.15, 0.2) is 0 Å². The lowest BCUT2D eigenvalue weighted by Crippen LogP contribution is -2.48. The second kappa shape index (κ2) is 8.09. The third-order valence-electron chi connectivity index (χ3n) is 3.27. The van der Waals surface area contributed by atoms with Crippen LogP contribution in [-0.2, 0) is 10.0 Å². The number of rotatable bonds is 8. The van der Waals surface area contributed by atoms with Crippen molar-refractivity contribution in [2.45, 2.75) is 39.2 Å². The Labute approximate surface area is 111 Å². The molecule has 1 aliphatic heterocycles. The maximum atomic E-state index is 11.9. The highest BCUT2D eigenvalue weighted by atomic mass is 32.2. The zero-order valence-electron chi connectivity index (χ0n) is 11.6. The molecule has 1 aliphatic rings. The van der Waals surface area contributed by atoms with Crippen molar-refractivity contribution < 1.29 is 8.42 Å². The van der Waals surface area contributed by atoms with Gasteiger partial charge in [0.15, 0.2) is 0 Å². The van der Waals surface area contributed by atoms with Crippen LogP contribution in [0.5, 0.6) is 0 Å². The van der Waals surface area contributed by atoms with Gasteiger partial charge in [-0.1, -0.05) is 13.8 Å². The summed E-state index contributed by atoms with van der Waals surface area (Å²) in [6, 6.07) is 0.0925. The fourth-order valence-electron chi connectivity index (χ4n) is 2.26. The van der Waals surface area contributed by atoms with Gasteiger partial charge in [0.25, 0.3) is 0 Å². The molecule has 1 fully saturated rings. The molecule has 1 saturated heterocycles. The summed E-state index contributed by atoms with van der Waals surface area (Å²) in [4.78, 5) is 2.30. The number of sulfonamides is 1. The van der Waals surface area contributed by atoms with E-state index in [0.717, 1.165) is 45.4 Å². The second-order valence-electron chi connectivity index (χ2n) is 4.92. The average Bonchev–Trinajstić information content (AvgIpc) is 2.34. The zero-order chi connectivity index (χ0) is 13.4. The Morgan fingerprint density at radius 1 is 1.28 bits per heavy atom. The van der Waals surface area contributed by atoms with Crippen LogP contribution in [0, 0.1) is 0 Å². The van der Waals surface area contributed by atoms with Crippen molar-refractivity contribution in [1.29, 1.82) is 0 Å². The van der Waals surface area contributed by atoms with Gasteiger partial charge in [0.05, 0.1) is 5.75 Å². The molecule has 0 radical (unpaired) electrons. The van der Waals surface area contributed by atoms with Crippen LogP contribution < -0.4 is 10.0 Å². The molecule has 0 aromatic carbocycles. The minimum atomic E-state index is -3.13. The predicted molar refractivity (Wildman–Crippen MR) is 75.2 cm³/mol. The van der Waals surface area contributed by atoms with E-state index in [4.69, 9.17) is 0 Å². The van der Waals surface area contributed by atoms with Crippen LogP contribution >= 0.6 is 0 Å². The highest BCUT2D eigenvalue weighted by molar-refractivity contribution is 7.89. The van der Waals surface area contributed by atoms with E-state index in [1.54, 1.807) is 0 Å². The molecular formula is C12H27N3O2S. The van der Waals surface area contributed by atoms with E-state index in [9.17, 15) is 8.42 Å². The summed E-state index contributed by atoms with van der Waals surface area (Å²) >= 11 is 0. The fraction of sp³-hybridized carbons (Fsp3) is 1.00. The lowest BCUT2D eigenvalue weighted by molar-refractivity contribution is 0.211. The minimum Gasteiger partial charge on any atom is -0.316 e. The van der Waals surface area contributed by atoms with Gasteiger partial charge in [-0.05, 0) is 38.9 Å². The van der Waals surface area contributed by atoms with E-state index in [1.165, 1.54) is 0 Å². The molecule has 0 aromatic rings. The fourth-order valence-corrected chi connectivity index (χ4v) is 3.49. The van der Waals surface area contributed by atoms with Gasteiger partial charge in [0.2, 0.25) is 10.0 Å². The molecule has 1 unspecified atom stereocenters.